The number of benzene rings is 3. The number of aryl methyl sites for hydroxylation is 1. The minimum Gasteiger partial charge on any atom is -0.493 e. The number of anilines is 1. The van der Waals surface area contributed by atoms with Gasteiger partial charge in [-0.05, 0) is 43.5 Å². The van der Waals surface area contributed by atoms with Gasteiger partial charge in [-0.1, -0.05) is 54.1 Å². The van der Waals surface area contributed by atoms with Crippen molar-refractivity contribution in [3.63, 3.8) is 0 Å². The summed E-state index contributed by atoms with van der Waals surface area (Å²) in [6.07, 6.45) is 1.57. The van der Waals surface area contributed by atoms with Gasteiger partial charge >= 0.3 is 0 Å². The fourth-order valence-corrected chi connectivity index (χ4v) is 5.10. The molecule has 1 saturated heterocycles. The van der Waals surface area contributed by atoms with Gasteiger partial charge in [-0.25, -0.2) is 4.98 Å². The number of imidazole rings is 1. The monoisotopic (exact) mass is 498 g/mol. The average molecular weight is 499 g/mol. The standard InChI is InChI=1S/C30H34N4O3/c1-21-11-13-22(14-12-21)20-34-26-9-5-4-8-25(26)32-30(34)33-17-15-23(16-18-33)29(35)31-19-24-7-6-10-27(36-2)28(24)37-3/h4-14,23H,15-20H2,1-3H3,(H,31,35). The molecule has 0 spiro atoms. The Balaban J connectivity index is 1.26. The van der Waals surface area contributed by atoms with E-state index in [9.17, 15) is 4.79 Å². The highest BCUT2D eigenvalue weighted by molar-refractivity contribution is 5.80. The molecule has 1 aromatic heterocycles. The minimum absolute atomic E-state index is 0.0252. The summed E-state index contributed by atoms with van der Waals surface area (Å²) in [7, 11) is 3.23. The number of carbonyl (C=O) groups is 1. The molecule has 0 bridgehead atoms. The Hall–Kier alpha value is -4.00. The maximum absolute atomic E-state index is 13.0. The molecule has 7 heteroatoms. The average Bonchev–Trinajstić information content (AvgIpc) is 3.30. The zero-order valence-corrected chi connectivity index (χ0v) is 21.7. The summed E-state index contributed by atoms with van der Waals surface area (Å²) in [6.45, 7) is 4.86. The number of hydrogen-bond acceptors (Lipinski definition) is 5. The van der Waals surface area contributed by atoms with Crippen molar-refractivity contribution in [3.8, 4) is 11.5 Å². The highest BCUT2D eigenvalue weighted by Gasteiger charge is 2.28. The van der Waals surface area contributed by atoms with Crippen molar-refractivity contribution < 1.29 is 14.3 Å². The first-order valence-corrected chi connectivity index (χ1v) is 12.8. The third-order valence-electron chi connectivity index (χ3n) is 7.18. The van der Waals surface area contributed by atoms with E-state index in [4.69, 9.17) is 14.5 Å². The Labute approximate surface area is 218 Å². The molecule has 1 fully saturated rings. The molecule has 0 atom stereocenters. The number of para-hydroxylation sites is 3. The molecule has 5 rings (SSSR count). The van der Waals surface area contributed by atoms with Crippen molar-refractivity contribution in [1.82, 2.24) is 14.9 Å². The lowest BCUT2D eigenvalue weighted by atomic mass is 9.96. The summed E-state index contributed by atoms with van der Waals surface area (Å²) in [5.41, 5.74) is 5.53. The second kappa shape index (κ2) is 10.9. The first-order chi connectivity index (χ1) is 18.1. The number of piperidine rings is 1. The quantitative estimate of drug-likeness (QED) is 0.373. The van der Waals surface area contributed by atoms with Gasteiger partial charge < -0.3 is 24.3 Å². The smallest absolute Gasteiger partial charge is 0.223 e. The van der Waals surface area contributed by atoms with Crippen LogP contribution in [-0.2, 0) is 17.9 Å². The minimum atomic E-state index is -0.0252. The summed E-state index contributed by atoms with van der Waals surface area (Å²) in [6, 6.07) is 22.7. The predicted octanol–water partition coefficient (Wildman–Crippen LogP) is 4.94. The lowest BCUT2D eigenvalue weighted by molar-refractivity contribution is -0.125. The summed E-state index contributed by atoms with van der Waals surface area (Å²) < 4.78 is 13.2. The highest BCUT2D eigenvalue weighted by atomic mass is 16.5. The first kappa shape index (κ1) is 24.7. The Morgan fingerprint density at radius 1 is 0.973 bits per heavy atom. The van der Waals surface area contributed by atoms with Crippen LogP contribution < -0.4 is 19.7 Å². The van der Waals surface area contributed by atoms with Gasteiger partial charge in [0.15, 0.2) is 11.5 Å². The van der Waals surface area contributed by atoms with E-state index in [1.807, 2.05) is 24.3 Å². The van der Waals surface area contributed by atoms with Gasteiger partial charge in [0, 0.05) is 31.1 Å². The fourth-order valence-electron chi connectivity index (χ4n) is 5.10. The maximum atomic E-state index is 13.0. The molecule has 0 aliphatic carbocycles. The second-order valence-electron chi connectivity index (χ2n) is 9.60. The number of rotatable bonds is 8. The van der Waals surface area contributed by atoms with Crippen LogP contribution in [0.3, 0.4) is 0 Å². The van der Waals surface area contributed by atoms with Gasteiger partial charge in [0.1, 0.15) is 0 Å². The molecule has 192 valence electrons. The molecule has 3 aromatic carbocycles. The molecule has 1 aliphatic heterocycles. The Kier molecular flexibility index (Phi) is 7.30. The molecule has 7 nitrogen and oxygen atoms in total. The fraction of sp³-hybridized carbons (Fsp3) is 0.333. The van der Waals surface area contributed by atoms with Gasteiger partial charge in [0.2, 0.25) is 11.9 Å². The molecule has 4 aromatic rings. The van der Waals surface area contributed by atoms with E-state index in [1.54, 1.807) is 14.2 Å². The summed E-state index contributed by atoms with van der Waals surface area (Å²) in [5.74, 6) is 2.35. The lowest BCUT2D eigenvalue weighted by Gasteiger charge is -2.32. The number of nitrogens with one attached hydrogen (secondary N) is 1. The molecule has 1 amide bonds. The lowest BCUT2D eigenvalue weighted by Crippen LogP contribution is -2.41. The number of aromatic nitrogens is 2. The van der Waals surface area contributed by atoms with E-state index >= 15 is 0 Å². The molecule has 2 heterocycles. The number of hydrogen-bond donors (Lipinski definition) is 1. The van der Waals surface area contributed by atoms with E-state index in [2.05, 4.69) is 64.2 Å². The highest BCUT2D eigenvalue weighted by Crippen LogP contribution is 2.31. The number of amides is 1. The van der Waals surface area contributed by atoms with Crippen LogP contribution in [0.1, 0.15) is 29.5 Å². The number of methoxy groups -OCH3 is 2. The number of fused-ring (bicyclic) bond motifs is 1. The van der Waals surface area contributed by atoms with E-state index < -0.39 is 0 Å². The zero-order chi connectivity index (χ0) is 25.8. The van der Waals surface area contributed by atoms with Gasteiger partial charge in [-0.15, -0.1) is 0 Å². The first-order valence-electron chi connectivity index (χ1n) is 12.8. The summed E-state index contributed by atoms with van der Waals surface area (Å²) in [5, 5.41) is 3.11. The van der Waals surface area contributed by atoms with Crippen molar-refractivity contribution in [3.05, 3.63) is 83.4 Å². The molecule has 1 aliphatic rings. The van der Waals surface area contributed by atoms with Crippen LogP contribution in [0.25, 0.3) is 11.0 Å². The third-order valence-corrected chi connectivity index (χ3v) is 7.18. The number of ether oxygens (including phenoxy) is 2. The third kappa shape index (κ3) is 5.26. The second-order valence-corrected chi connectivity index (χ2v) is 9.60. The van der Waals surface area contributed by atoms with Gasteiger partial charge in [0.25, 0.3) is 0 Å². The van der Waals surface area contributed by atoms with Crippen LogP contribution in [0.4, 0.5) is 5.95 Å². The summed E-state index contributed by atoms with van der Waals surface area (Å²) in [4.78, 5) is 20.3. The molecular weight excluding hydrogens is 464 g/mol. The van der Waals surface area contributed by atoms with Crippen molar-refractivity contribution in [1.29, 1.82) is 0 Å². The molecule has 37 heavy (non-hydrogen) atoms. The number of nitrogens with zero attached hydrogens (tertiary/aromatic N) is 3. The van der Waals surface area contributed by atoms with Crippen LogP contribution in [0.2, 0.25) is 0 Å². The van der Waals surface area contributed by atoms with E-state index in [0.29, 0.717) is 18.0 Å². The van der Waals surface area contributed by atoms with Crippen molar-refractivity contribution in [2.75, 3.05) is 32.2 Å². The topological polar surface area (TPSA) is 68.6 Å². The van der Waals surface area contributed by atoms with Crippen molar-refractivity contribution in [2.24, 2.45) is 5.92 Å². The molecule has 0 saturated carbocycles. The van der Waals surface area contributed by atoms with E-state index in [-0.39, 0.29) is 11.8 Å². The molecule has 0 unspecified atom stereocenters. The Bertz CT molecular complexity index is 1370. The van der Waals surface area contributed by atoms with E-state index in [0.717, 1.165) is 55.0 Å². The Morgan fingerprint density at radius 2 is 1.73 bits per heavy atom. The van der Waals surface area contributed by atoms with Crippen molar-refractivity contribution >= 4 is 22.9 Å². The van der Waals surface area contributed by atoms with Crippen LogP contribution in [-0.4, -0.2) is 42.8 Å². The number of carbonyl (C=O) groups excluding carboxylic acids is 1. The molecule has 1 N–H and O–H groups in total. The van der Waals surface area contributed by atoms with Gasteiger partial charge in [0.05, 0.1) is 31.8 Å². The van der Waals surface area contributed by atoms with Gasteiger partial charge in [-0.2, -0.15) is 0 Å². The Morgan fingerprint density at radius 3 is 2.46 bits per heavy atom. The predicted molar refractivity (Wildman–Crippen MR) is 146 cm³/mol. The zero-order valence-electron chi connectivity index (χ0n) is 21.7. The van der Waals surface area contributed by atoms with Crippen LogP contribution in [0, 0.1) is 12.8 Å². The van der Waals surface area contributed by atoms with Gasteiger partial charge in [-0.3, -0.25) is 4.79 Å². The van der Waals surface area contributed by atoms with Crippen LogP contribution >= 0.6 is 0 Å². The van der Waals surface area contributed by atoms with Crippen LogP contribution in [0.5, 0.6) is 11.5 Å². The SMILES string of the molecule is COc1cccc(CNC(=O)C2CCN(c3nc4ccccc4n3Cc3ccc(C)cc3)CC2)c1OC. The van der Waals surface area contributed by atoms with Crippen LogP contribution in [0.15, 0.2) is 66.7 Å². The van der Waals surface area contributed by atoms with E-state index in [1.165, 1.54) is 11.1 Å². The summed E-state index contributed by atoms with van der Waals surface area (Å²) >= 11 is 0. The maximum Gasteiger partial charge on any atom is 0.223 e. The normalized spacial score (nSPS) is 14.1. The van der Waals surface area contributed by atoms with Crippen molar-refractivity contribution in [2.45, 2.75) is 32.9 Å². The largest absolute Gasteiger partial charge is 0.493 e. The molecule has 0 radical (unpaired) electrons. The molecular formula is C30H34N4O3.